The van der Waals surface area contributed by atoms with E-state index >= 15 is 0 Å². The lowest BCUT2D eigenvalue weighted by Crippen LogP contribution is -2.45. The Balaban J connectivity index is 2.17. The molecule has 3 heteroatoms. The Morgan fingerprint density at radius 2 is 2.38 bits per heavy atom. The first-order valence-electron chi connectivity index (χ1n) is 5.15. The van der Waals surface area contributed by atoms with Crippen LogP contribution in [-0.4, -0.2) is 36.5 Å². The Kier molecular flexibility index (Phi) is 4.16. The fourth-order valence-electron chi connectivity index (χ4n) is 1.63. The number of ether oxygens (including phenoxy) is 1. The average Bonchev–Trinajstić information content (AvgIpc) is 2.04. The van der Waals surface area contributed by atoms with Crippen molar-refractivity contribution in [2.24, 2.45) is 0 Å². The lowest BCUT2D eigenvalue weighted by Gasteiger charge is -2.34. The third kappa shape index (κ3) is 4.07. The topological polar surface area (TPSA) is 41.5 Å². The van der Waals surface area contributed by atoms with E-state index in [2.05, 4.69) is 12.2 Å². The number of aliphatic hydroxyl groups excluding tert-OH is 1. The molecule has 0 aromatic rings. The molecule has 0 aliphatic carbocycles. The van der Waals surface area contributed by atoms with Crippen LogP contribution in [-0.2, 0) is 4.74 Å². The van der Waals surface area contributed by atoms with Gasteiger partial charge in [0, 0.05) is 13.2 Å². The van der Waals surface area contributed by atoms with Crippen molar-refractivity contribution in [3.63, 3.8) is 0 Å². The van der Waals surface area contributed by atoms with Gasteiger partial charge in [-0.2, -0.15) is 0 Å². The molecule has 0 aromatic heterocycles. The van der Waals surface area contributed by atoms with E-state index in [0.29, 0.717) is 6.61 Å². The van der Waals surface area contributed by atoms with Gasteiger partial charge in [-0.15, -0.1) is 0 Å². The second kappa shape index (κ2) is 4.94. The Labute approximate surface area is 80.5 Å². The first-order valence-corrected chi connectivity index (χ1v) is 5.15. The lowest BCUT2D eigenvalue weighted by molar-refractivity contribution is -0.0553. The smallest absolute Gasteiger partial charge is 0.0778 e. The zero-order chi connectivity index (χ0) is 9.73. The molecule has 0 bridgehead atoms. The number of aliphatic hydroxyl groups is 1. The average molecular weight is 187 g/mol. The Morgan fingerprint density at radius 1 is 1.62 bits per heavy atom. The summed E-state index contributed by atoms with van der Waals surface area (Å²) in [6, 6.07) is 0. The van der Waals surface area contributed by atoms with Crippen molar-refractivity contribution in [1.29, 1.82) is 0 Å². The molecular formula is C10H21NO2. The molecule has 78 valence electrons. The largest absolute Gasteiger partial charge is 0.393 e. The van der Waals surface area contributed by atoms with E-state index in [1.807, 2.05) is 0 Å². The molecule has 0 saturated carbocycles. The van der Waals surface area contributed by atoms with E-state index in [9.17, 15) is 0 Å². The fraction of sp³-hybridized carbons (Fsp3) is 1.00. The van der Waals surface area contributed by atoms with Crippen LogP contribution in [0.15, 0.2) is 0 Å². The first-order chi connectivity index (χ1) is 6.12. The maximum absolute atomic E-state index is 9.07. The van der Waals surface area contributed by atoms with Gasteiger partial charge in [0.25, 0.3) is 0 Å². The standard InChI is InChI=1S/C10H21NO2/c1-9(12)4-7-13-10(2)5-3-6-11-8-10/h9,11-12H,3-8H2,1-2H3. The fourth-order valence-corrected chi connectivity index (χ4v) is 1.63. The number of nitrogens with one attached hydrogen (secondary N) is 1. The van der Waals surface area contributed by atoms with Crippen molar-refractivity contribution < 1.29 is 9.84 Å². The van der Waals surface area contributed by atoms with Gasteiger partial charge in [-0.25, -0.2) is 0 Å². The highest BCUT2D eigenvalue weighted by atomic mass is 16.5. The van der Waals surface area contributed by atoms with Crippen LogP contribution in [0.4, 0.5) is 0 Å². The van der Waals surface area contributed by atoms with Crippen LogP contribution in [0.2, 0.25) is 0 Å². The maximum Gasteiger partial charge on any atom is 0.0778 e. The molecule has 2 atom stereocenters. The molecule has 2 N–H and O–H groups in total. The van der Waals surface area contributed by atoms with Crippen LogP contribution < -0.4 is 5.32 Å². The van der Waals surface area contributed by atoms with Crippen LogP contribution in [0.3, 0.4) is 0 Å². The van der Waals surface area contributed by atoms with E-state index in [1.165, 1.54) is 6.42 Å². The summed E-state index contributed by atoms with van der Waals surface area (Å²) in [6.07, 6.45) is 2.79. The first kappa shape index (κ1) is 11.0. The second-order valence-electron chi connectivity index (χ2n) is 4.22. The van der Waals surface area contributed by atoms with Gasteiger partial charge in [-0.05, 0) is 39.7 Å². The van der Waals surface area contributed by atoms with E-state index in [4.69, 9.17) is 9.84 Å². The van der Waals surface area contributed by atoms with E-state index in [-0.39, 0.29) is 11.7 Å². The number of hydrogen-bond acceptors (Lipinski definition) is 3. The summed E-state index contributed by atoms with van der Waals surface area (Å²) in [5.41, 5.74) is -0.00681. The SMILES string of the molecule is CC(O)CCOC1(C)CCCNC1. The molecule has 2 unspecified atom stereocenters. The van der Waals surface area contributed by atoms with Crippen molar-refractivity contribution in [1.82, 2.24) is 5.32 Å². The third-order valence-corrected chi connectivity index (χ3v) is 2.54. The van der Waals surface area contributed by atoms with Gasteiger partial charge in [0.15, 0.2) is 0 Å². The molecule has 1 aliphatic heterocycles. The van der Waals surface area contributed by atoms with Gasteiger partial charge in [0.05, 0.1) is 11.7 Å². The van der Waals surface area contributed by atoms with E-state index in [0.717, 1.165) is 25.9 Å². The van der Waals surface area contributed by atoms with Crippen LogP contribution in [0.1, 0.15) is 33.1 Å². The van der Waals surface area contributed by atoms with Crippen molar-refractivity contribution in [3.8, 4) is 0 Å². The Bertz CT molecular complexity index is 142. The van der Waals surface area contributed by atoms with E-state index in [1.54, 1.807) is 6.92 Å². The van der Waals surface area contributed by atoms with Crippen molar-refractivity contribution in [3.05, 3.63) is 0 Å². The predicted molar refractivity (Wildman–Crippen MR) is 52.8 cm³/mol. The highest BCUT2D eigenvalue weighted by Gasteiger charge is 2.26. The minimum Gasteiger partial charge on any atom is -0.393 e. The van der Waals surface area contributed by atoms with Crippen LogP contribution in [0.5, 0.6) is 0 Å². The summed E-state index contributed by atoms with van der Waals surface area (Å²) in [5, 5.41) is 12.4. The number of piperidine rings is 1. The lowest BCUT2D eigenvalue weighted by atomic mass is 9.96. The van der Waals surface area contributed by atoms with Crippen molar-refractivity contribution in [2.45, 2.75) is 44.8 Å². The minimum atomic E-state index is -0.250. The third-order valence-electron chi connectivity index (χ3n) is 2.54. The Hall–Kier alpha value is -0.120. The molecular weight excluding hydrogens is 166 g/mol. The monoisotopic (exact) mass is 187 g/mol. The molecule has 0 aromatic carbocycles. The molecule has 1 fully saturated rings. The van der Waals surface area contributed by atoms with Crippen LogP contribution in [0.25, 0.3) is 0 Å². The minimum absolute atomic E-state index is 0.00681. The quantitative estimate of drug-likeness (QED) is 0.687. The molecule has 13 heavy (non-hydrogen) atoms. The van der Waals surface area contributed by atoms with Crippen LogP contribution in [0, 0.1) is 0 Å². The molecule has 0 radical (unpaired) electrons. The number of rotatable bonds is 4. The molecule has 1 saturated heterocycles. The van der Waals surface area contributed by atoms with Gasteiger partial charge in [0.1, 0.15) is 0 Å². The van der Waals surface area contributed by atoms with Crippen LogP contribution >= 0.6 is 0 Å². The molecule has 3 nitrogen and oxygen atoms in total. The molecule has 1 heterocycles. The molecule has 1 rings (SSSR count). The normalized spacial score (nSPS) is 31.6. The van der Waals surface area contributed by atoms with Crippen molar-refractivity contribution in [2.75, 3.05) is 19.7 Å². The highest BCUT2D eigenvalue weighted by Crippen LogP contribution is 2.20. The maximum atomic E-state index is 9.07. The van der Waals surface area contributed by atoms with Gasteiger partial charge < -0.3 is 15.2 Å². The predicted octanol–water partition coefficient (Wildman–Crippen LogP) is 0.916. The zero-order valence-electron chi connectivity index (χ0n) is 8.68. The van der Waals surface area contributed by atoms with Gasteiger partial charge in [-0.1, -0.05) is 0 Å². The van der Waals surface area contributed by atoms with Crippen molar-refractivity contribution >= 4 is 0 Å². The summed E-state index contributed by atoms with van der Waals surface area (Å²) < 4.78 is 5.76. The Morgan fingerprint density at radius 3 is 2.92 bits per heavy atom. The van der Waals surface area contributed by atoms with Gasteiger partial charge >= 0.3 is 0 Å². The molecule has 0 spiro atoms. The zero-order valence-corrected chi connectivity index (χ0v) is 8.68. The molecule has 1 aliphatic rings. The summed E-state index contributed by atoms with van der Waals surface area (Å²) in [4.78, 5) is 0. The summed E-state index contributed by atoms with van der Waals surface area (Å²) in [5.74, 6) is 0. The highest BCUT2D eigenvalue weighted by molar-refractivity contribution is 4.82. The summed E-state index contributed by atoms with van der Waals surface area (Å²) in [6.45, 7) is 6.64. The second-order valence-corrected chi connectivity index (χ2v) is 4.22. The van der Waals surface area contributed by atoms with Gasteiger partial charge in [-0.3, -0.25) is 0 Å². The summed E-state index contributed by atoms with van der Waals surface area (Å²) >= 11 is 0. The van der Waals surface area contributed by atoms with E-state index < -0.39 is 0 Å². The summed E-state index contributed by atoms with van der Waals surface area (Å²) in [7, 11) is 0. The van der Waals surface area contributed by atoms with Gasteiger partial charge in [0.2, 0.25) is 0 Å². The molecule has 0 amide bonds. The number of hydrogen-bond donors (Lipinski definition) is 2.